The van der Waals surface area contributed by atoms with E-state index in [1.165, 1.54) is 0 Å². The maximum absolute atomic E-state index is 11.3. The molecule has 0 aromatic carbocycles. The summed E-state index contributed by atoms with van der Waals surface area (Å²) in [5.74, 6) is 0.267. The first kappa shape index (κ1) is 11.5. The SMILES string of the molecule is CC(CN)CCC(=O)OC1CCOC1. The third kappa shape index (κ3) is 4.07. The minimum Gasteiger partial charge on any atom is -0.460 e. The number of ether oxygens (including phenoxy) is 2. The zero-order valence-corrected chi connectivity index (χ0v) is 8.70. The normalized spacial score (nSPS) is 23.4. The molecule has 0 amide bonds. The van der Waals surface area contributed by atoms with E-state index in [-0.39, 0.29) is 12.1 Å². The lowest BCUT2D eigenvalue weighted by Crippen LogP contribution is -2.19. The van der Waals surface area contributed by atoms with Gasteiger partial charge in [0.25, 0.3) is 0 Å². The zero-order valence-electron chi connectivity index (χ0n) is 8.70. The summed E-state index contributed by atoms with van der Waals surface area (Å²) in [7, 11) is 0. The van der Waals surface area contributed by atoms with E-state index in [9.17, 15) is 4.79 Å². The van der Waals surface area contributed by atoms with Gasteiger partial charge in [-0.3, -0.25) is 4.79 Å². The maximum atomic E-state index is 11.3. The van der Waals surface area contributed by atoms with Crippen LogP contribution in [0.3, 0.4) is 0 Å². The molecule has 0 bridgehead atoms. The summed E-state index contributed by atoms with van der Waals surface area (Å²) in [4.78, 5) is 11.3. The van der Waals surface area contributed by atoms with E-state index >= 15 is 0 Å². The quantitative estimate of drug-likeness (QED) is 0.665. The highest BCUT2D eigenvalue weighted by molar-refractivity contribution is 5.69. The Morgan fingerprint density at radius 3 is 3.07 bits per heavy atom. The van der Waals surface area contributed by atoms with Crippen LogP contribution in [0.15, 0.2) is 0 Å². The van der Waals surface area contributed by atoms with Crippen LogP contribution in [0.1, 0.15) is 26.2 Å². The first-order valence-corrected chi connectivity index (χ1v) is 5.19. The van der Waals surface area contributed by atoms with Crippen LogP contribution < -0.4 is 5.73 Å². The summed E-state index contributed by atoms with van der Waals surface area (Å²) in [5, 5.41) is 0. The molecule has 0 spiro atoms. The number of nitrogens with two attached hydrogens (primary N) is 1. The molecule has 2 N–H and O–H groups in total. The second-order valence-electron chi connectivity index (χ2n) is 3.86. The van der Waals surface area contributed by atoms with E-state index in [1.54, 1.807) is 0 Å². The molecule has 0 radical (unpaired) electrons. The summed E-state index contributed by atoms with van der Waals surface area (Å²) < 4.78 is 10.3. The van der Waals surface area contributed by atoms with Crippen molar-refractivity contribution in [2.45, 2.75) is 32.3 Å². The van der Waals surface area contributed by atoms with E-state index in [2.05, 4.69) is 0 Å². The van der Waals surface area contributed by atoms with Crippen molar-refractivity contribution < 1.29 is 14.3 Å². The Morgan fingerprint density at radius 2 is 2.50 bits per heavy atom. The van der Waals surface area contributed by atoms with E-state index in [0.717, 1.165) is 12.8 Å². The minimum absolute atomic E-state index is 0.0179. The van der Waals surface area contributed by atoms with Gasteiger partial charge in [-0.25, -0.2) is 0 Å². The van der Waals surface area contributed by atoms with Gasteiger partial charge in [0.2, 0.25) is 0 Å². The fourth-order valence-electron chi connectivity index (χ4n) is 1.33. The second kappa shape index (κ2) is 5.98. The van der Waals surface area contributed by atoms with Crippen LogP contribution in [-0.2, 0) is 14.3 Å². The van der Waals surface area contributed by atoms with Crippen molar-refractivity contribution >= 4 is 5.97 Å². The van der Waals surface area contributed by atoms with Gasteiger partial charge in [-0.1, -0.05) is 6.92 Å². The average molecular weight is 201 g/mol. The van der Waals surface area contributed by atoms with E-state index < -0.39 is 0 Å². The second-order valence-corrected chi connectivity index (χ2v) is 3.86. The van der Waals surface area contributed by atoms with Crippen molar-refractivity contribution in [3.8, 4) is 0 Å². The number of hydrogen-bond acceptors (Lipinski definition) is 4. The molecule has 2 unspecified atom stereocenters. The molecule has 1 aliphatic heterocycles. The van der Waals surface area contributed by atoms with Crippen molar-refractivity contribution in [1.82, 2.24) is 0 Å². The van der Waals surface area contributed by atoms with Crippen molar-refractivity contribution in [2.75, 3.05) is 19.8 Å². The van der Waals surface area contributed by atoms with Crippen molar-refractivity contribution in [3.63, 3.8) is 0 Å². The molecule has 0 aromatic rings. The molecule has 4 heteroatoms. The van der Waals surface area contributed by atoms with Gasteiger partial charge >= 0.3 is 5.97 Å². The zero-order chi connectivity index (χ0) is 10.4. The molecule has 14 heavy (non-hydrogen) atoms. The molecule has 4 nitrogen and oxygen atoms in total. The van der Waals surface area contributed by atoms with Gasteiger partial charge < -0.3 is 15.2 Å². The molecule has 1 aliphatic rings. The Hall–Kier alpha value is -0.610. The Balaban J connectivity index is 2.09. The number of carbonyl (C=O) groups is 1. The van der Waals surface area contributed by atoms with Crippen LogP contribution in [0.4, 0.5) is 0 Å². The summed E-state index contributed by atoms with van der Waals surface area (Å²) >= 11 is 0. The predicted molar refractivity (Wildman–Crippen MR) is 52.8 cm³/mol. The Morgan fingerprint density at radius 1 is 1.71 bits per heavy atom. The molecule has 82 valence electrons. The smallest absolute Gasteiger partial charge is 0.306 e. The standard InChI is InChI=1S/C10H19NO3/c1-8(6-11)2-3-10(12)14-9-4-5-13-7-9/h8-9H,2-7,11H2,1H3. The molecule has 2 atom stereocenters. The van der Waals surface area contributed by atoms with Gasteiger partial charge in [0.15, 0.2) is 0 Å². The number of rotatable bonds is 5. The fraction of sp³-hybridized carbons (Fsp3) is 0.900. The maximum Gasteiger partial charge on any atom is 0.306 e. The summed E-state index contributed by atoms with van der Waals surface area (Å²) in [6.45, 7) is 3.92. The van der Waals surface area contributed by atoms with Crippen LogP contribution >= 0.6 is 0 Å². The number of hydrogen-bond donors (Lipinski definition) is 1. The highest BCUT2D eigenvalue weighted by atomic mass is 16.6. The highest BCUT2D eigenvalue weighted by Gasteiger charge is 2.19. The first-order chi connectivity index (χ1) is 6.72. The number of carbonyl (C=O) groups excluding carboxylic acids is 1. The van der Waals surface area contributed by atoms with Gasteiger partial charge in [-0.15, -0.1) is 0 Å². The van der Waals surface area contributed by atoms with Gasteiger partial charge in [0, 0.05) is 12.8 Å². The van der Waals surface area contributed by atoms with Crippen LogP contribution in [-0.4, -0.2) is 31.8 Å². The lowest BCUT2D eigenvalue weighted by Gasteiger charge is -2.11. The van der Waals surface area contributed by atoms with Gasteiger partial charge in [-0.05, 0) is 18.9 Å². The van der Waals surface area contributed by atoms with Gasteiger partial charge in [0.05, 0.1) is 13.2 Å². The molecule has 1 heterocycles. The highest BCUT2D eigenvalue weighted by Crippen LogP contribution is 2.11. The lowest BCUT2D eigenvalue weighted by molar-refractivity contribution is -0.149. The first-order valence-electron chi connectivity index (χ1n) is 5.19. The van der Waals surface area contributed by atoms with Crippen LogP contribution in [0.2, 0.25) is 0 Å². The predicted octanol–water partition coefficient (Wildman–Crippen LogP) is 0.694. The fourth-order valence-corrected chi connectivity index (χ4v) is 1.33. The third-order valence-corrected chi connectivity index (χ3v) is 2.43. The Labute approximate surface area is 84.7 Å². The number of esters is 1. The van der Waals surface area contributed by atoms with Gasteiger partial charge in [0.1, 0.15) is 6.10 Å². The molecule has 1 saturated heterocycles. The molecular formula is C10H19NO3. The minimum atomic E-state index is -0.124. The molecule has 0 aromatic heterocycles. The van der Waals surface area contributed by atoms with E-state index in [0.29, 0.717) is 32.1 Å². The Kier molecular flexibility index (Phi) is 4.90. The molecule has 0 aliphatic carbocycles. The van der Waals surface area contributed by atoms with Crippen molar-refractivity contribution in [3.05, 3.63) is 0 Å². The molecular weight excluding hydrogens is 182 g/mol. The Bertz CT molecular complexity index is 178. The summed E-state index contributed by atoms with van der Waals surface area (Å²) in [6.07, 6.45) is 2.09. The van der Waals surface area contributed by atoms with Crippen molar-refractivity contribution in [2.24, 2.45) is 11.7 Å². The molecule has 0 saturated carbocycles. The summed E-state index contributed by atoms with van der Waals surface area (Å²) in [6, 6.07) is 0. The van der Waals surface area contributed by atoms with Crippen molar-refractivity contribution in [1.29, 1.82) is 0 Å². The van der Waals surface area contributed by atoms with E-state index in [1.807, 2.05) is 6.92 Å². The lowest BCUT2D eigenvalue weighted by atomic mass is 10.1. The summed E-state index contributed by atoms with van der Waals surface area (Å²) in [5.41, 5.74) is 5.45. The molecule has 1 fully saturated rings. The third-order valence-electron chi connectivity index (χ3n) is 2.43. The van der Waals surface area contributed by atoms with Gasteiger partial charge in [-0.2, -0.15) is 0 Å². The van der Waals surface area contributed by atoms with Crippen LogP contribution in [0.25, 0.3) is 0 Å². The monoisotopic (exact) mass is 201 g/mol. The molecule has 1 rings (SSSR count). The van der Waals surface area contributed by atoms with Crippen LogP contribution in [0.5, 0.6) is 0 Å². The average Bonchev–Trinajstić information content (AvgIpc) is 2.66. The largest absolute Gasteiger partial charge is 0.460 e. The van der Waals surface area contributed by atoms with E-state index in [4.69, 9.17) is 15.2 Å². The van der Waals surface area contributed by atoms with Crippen LogP contribution in [0, 0.1) is 5.92 Å². The topological polar surface area (TPSA) is 61.6 Å².